The molecule has 156 valence electrons. The molecule has 4 rings (SSSR count). The van der Waals surface area contributed by atoms with Crippen LogP contribution in [-0.2, 0) is 10.0 Å². The van der Waals surface area contributed by atoms with E-state index in [9.17, 15) is 18.3 Å². The van der Waals surface area contributed by atoms with E-state index in [1.165, 1.54) is 42.7 Å². The highest BCUT2D eigenvalue weighted by molar-refractivity contribution is 7.92. The minimum atomic E-state index is -3.95. The summed E-state index contributed by atoms with van der Waals surface area (Å²) in [7, 11) is -3.95. The van der Waals surface area contributed by atoms with Gasteiger partial charge in [-0.25, -0.2) is 23.1 Å². The predicted molar refractivity (Wildman–Crippen MR) is 113 cm³/mol. The third kappa shape index (κ3) is 4.51. The van der Waals surface area contributed by atoms with Crippen LogP contribution in [0.3, 0.4) is 0 Å². The number of aromatic nitrogens is 4. The average Bonchev–Trinajstić information content (AvgIpc) is 3.25. The van der Waals surface area contributed by atoms with Gasteiger partial charge in [-0.2, -0.15) is 5.10 Å². The van der Waals surface area contributed by atoms with Crippen LogP contribution in [0, 0.1) is 0 Å². The number of para-hydroxylation sites is 1. The zero-order valence-electron chi connectivity index (χ0n) is 15.9. The van der Waals surface area contributed by atoms with Crippen LogP contribution in [0.15, 0.2) is 78.0 Å². The van der Waals surface area contributed by atoms with Crippen molar-refractivity contribution in [2.24, 2.45) is 0 Å². The molecule has 0 fully saturated rings. The summed E-state index contributed by atoms with van der Waals surface area (Å²) in [6.45, 7) is 0. The molecule has 2 aromatic heterocycles. The summed E-state index contributed by atoms with van der Waals surface area (Å²) in [6, 6.07) is 15.4. The van der Waals surface area contributed by atoms with Crippen LogP contribution in [0.2, 0.25) is 0 Å². The summed E-state index contributed by atoms with van der Waals surface area (Å²) >= 11 is 0. The minimum absolute atomic E-state index is 0.0471. The minimum Gasteiger partial charge on any atom is -0.507 e. The normalized spacial score (nSPS) is 11.1. The maximum absolute atomic E-state index is 12.6. The first-order valence-electron chi connectivity index (χ1n) is 8.97. The van der Waals surface area contributed by atoms with E-state index in [0.717, 1.165) is 0 Å². The van der Waals surface area contributed by atoms with E-state index < -0.39 is 15.9 Å². The number of carbonyl (C=O) groups excluding carboxylic acids is 1. The molecule has 0 aliphatic rings. The first kappa shape index (κ1) is 20.0. The Morgan fingerprint density at radius 2 is 1.74 bits per heavy atom. The molecule has 2 heterocycles. The van der Waals surface area contributed by atoms with E-state index in [0.29, 0.717) is 11.3 Å². The third-order valence-corrected chi connectivity index (χ3v) is 5.52. The van der Waals surface area contributed by atoms with Crippen LogP contribution >= 0.6 is 0 Å². The number of nitrogens with one attached hydrogen (secondary N) is 3. The molecule has 0 spiro atoms. The van der Waals surface area contributed by atoms with Crippen molar-refractivity contribution in [2.45, 2.75) is 4.90 Å². The zero-order valence-corrected chi connectivity index (χ0v) is 16.7. The van der Waals surface area contributed by atoms with Gasteiger partial charge in [0.2, 0.25) is 5.95 Å². The van der Waals surface area contributed by atoms with E-state index in [2.05, 4.69) is 30.2 Å². The number of hydrogen-bond acceptors (Lipinski definition) is 7. The lowest BCUT2D eigenvalue weighted by Gasteiger charge is -2.08. The summed E-state index contributed by atoms with van der Waals surface area (Å²) < 4.78 is 27.4. The molecule has 31 heavy (non-hydrogen) atoms. The summed E-state index contributed by atoms with van der Waals surface area (Å²) in [5, 5.41) is 19.2. The number of sulfonamides is 1. The standard InChI is InChI=1S/C20H16N6O4S/c27-18-8-2-1-7-15(18)16-12-17(25-24-16)19(28)23-13-5-3-6-14(11-13)31(29,30)26-20-21-9-4-10-22-20/h1-12,27H,(H,23,28)(H,24,25)(H,21,22,26). The van der Waals surface area contributed by atoms with Crippen LogP contribution in [0.1, 0.15) is 10.5 Å². The lowest BCUT2D eigenvalue weighted by atomic mass is 10.1. The second-order valence-electron chi connectivity index (χ2n) is 6.34. The van der Waals surface area contributed by atoms with Gasteiger partial charge in [0.25, 0.3) is 15.9 Å². The number of aromatic hydroxyl groups is 1. The Hall–Kier alpha value is -4.25. The third-order valence-electron chi connectivity index (χ3n) is 4.20. The van der Waals surface area contributed by atoms with Crippen LogP contribution in [0.25, 0.3) is 11.3 Å². The number of carbonyl (C=O) groups is 1. The Kier molecular flexibility index (Phi) is 5.33. The number of phenolic OH excluding ortho intramolecular Hbond substituents is 1. The van der Waals surface area contributed by atoms with Gasteiger partial charge < -0.3 is 10.4 Å². The van der Waals surface area contributed by atoms with Gasteiger partial charge in [-0.05, 0) is 42.5 Å². The first-order chi connectivity index (χ1) is 14.9. The fourth-order valence-electron chi connectivity index (χ4n) is 2.74. The Labute approximate surface area is 177 Å². The summed E-state index contributed by atoms with van der Waals surface area (Å²) in [5.41, 5.74) is 1.29. The van der Waals surface area contributed by atoms with E-state index in [1.54, 1.807) is 30.3 Å². The molecular formula is C20H16N6O4S. The van der Waals surface area contributed by atoms with Gasteiger partial charge in [0, 0.05) is 23.6 Å². The second-order valence-corrected chi connectivity index (χ2v) is 8.03. The summed E-state index contributed by atoms with van der Waals surface area (Å²) in [4.78, 5) is 20.1. The number of amides is 1. The molecule has 10 nitrogen and oxygen atoms in total. The monoisotopic (exact) mass is 436 g/mol. The Morgan fingerprint density at radius 3 is 2.52 bits per heavy atom. The average molecular weight is 436 g/mol. The van der Waals surface area contributed by atoms with Gasteiger partial charge in [0.05, 0.1) is 10.6 Å². The van der Waals surface area contributed by atoms with Gasteiger partial charge in [-0.1, -0.05) is 18.2 Å². The van der Waals surface area contributed by atoms with Gasteiger partial charge >= 0.3 is 0 Å². The Bertz CT molecular complexity index is 1340. The fourth-order valence-corrected chi connectivity index (χ4v) is 3.75. The number of anilines is 2. The molecule has 4 aromatic rings. The number of aromatic amines is 1. The van der Waals surface area contributed by atoms with Crippen molar-refractivity contribution in [3.63, 3.8) is 0 Å². The number of H-pyrrole nitrogens is 1. The van der Waals surface area contributed by atoms with Crippen LogP contribution in [0.4, 0.5) is 11.6 Å². The van der Waals surface area contributed by atoms with Crippen LogP contribution < -0.4 is 10.0 Å². The van der Waals surface area contributed by atoms with Crippen LogP contribution in [-0.4, -0.2) is 39.6 Å². The molecule has 0 saturated carbocycles. The molecule has 0 bridgehead atoms. The second kappa shape index (κ2) is 8.24. The van der Waals surface area contributed by atoms with Crippen molar-refractivity contribution in [2.75, 3.05) is 10.0 Å². The smallest absolute Gasteiger partial charge is 0.276 e. The molecule has 2 aromatic carbocycles. The van der Waals surface area contributed by atoms with Gasteiger partial charge in [-0.3, -0.25) is 9.89 Å². The number of benzene rings is 2. The molecule has 4 N–H and O–H groups in total. The molecular weight excluding hydrogens is 420 g/mol. The molecule has 0 aliphatic carbocycles. The lowest BCUT2D eigenvalue weighted by molar-refractivity contribution is 0.102. The SMILES string of the molecule is O=C(Nc1cccc(S(=O)(=O)Nc2ncccn2)c1)c1cc(-c2ccccc2O)[nH]n1. The van der Waals surface area contributed by atoms with Crippen molar-refractivity contribution in [1.29, 1.82) is 0 Å². The van der Waals surface area contributed by atoms with E-state index in [-0.39, 0.29) is 28.0 Å². The van der Waals surface area contributed by atoms with Gasteiger partial charge in [0.1, 0.15) is 5.75 Å². The number of nitrogens with zero attached hydrogens (tertiary/aromatic N) is 3. The van der Waals surface area contributed by atoms with E-state index >= 15 is 0 Å². The number of phenols is 1. The molecule has 0 saturated heterocycles. The molecule has 0 aliphatic heterocycles. The van der Waals surface area contributed by atoms with E-state index in [4.69, 9.17) is 0 Å². The molecule has 0 radical (unpaired) electrons. The van der Waals surface area contributed by atoms with Crippen molar-refractivity contribution < 1.29 is 18.3 Å². The molecule has 11 heteroatoms. The number of rotatable bonds is 6. The van der Waals surface area contributed by atoms with Gasteiger partial charge in [-0.15, -0.1) is 0 Å². The summed E-state index contributed by atoms with van der Waals surface area (Å²) in [5.74, 6) is -0.567. The van der Waals surface area contributed by atoms with Crippen LogP contribution in [0.5, 0.6) is 5.75 Å². The fraction of sp³-hybridized carbons (Fsp3) is 0. The predicted octanol–water partition coefficient (Wildman–Crippen LogP) is 2.63. The zero-order chi connectivity index (χ0) is 21.8. The van der Waals surface area contributed by atoms with Crippen molar-refractivity contribution in [3.8, 4) is 17.0 Å². The highest BCUT2D eigenvalue weighted by atomic mass is 32.2. The molecule has 0 unspecified atom stereocenters. The Morgan fingerprint density at radius 1 is 0.968 bits per heavy atom. The maximum Gasteiger partial charge on any atom is 0.276 e. The highest BCUT2D eigenvalue weighted by Crippen LogP contribution is 2.27. The van der Waals surface area contributed by atoms with Crippen molar-refractivity contribution in [1.82, 2.24) is 20.2 Å². The maximum atomic E-state index is 12.6. The van der Waals surface area contributed by atoms with E-state index in [1.807, 2.05) is 0 Å². The van der Waals surface area contributed by atoms with Crippen molar-refractivity contribution in [3.05, 3.63) is 78.8 Å². The quantitative estimate of drug-likeness (QED) is 0.363. The summed E-state index contributed by atoms with van der Waals surface area (Å²) in [6.07, 6.45) is 2.82. The molecule has 1 amide bonds. The highest BCUT2D eigenvalue weighted by Gasteiger charge is 2.18. The van der Waals surface area contributed by atoms with Crippen molar-refractivity contribution >= 4 is 27.6 Å². The number of hydrogen-bond donors (Lipinski definition) is 4. The largest absolute Gasteiger partial charge is 0.507 e. The van der Waals surface area contributed by atoms with Gasteiger partial charge in [0.15, 0.2) is 5.69 Å². The first-order valence-corrected chi connectivity index (χ1v) is 10.5. The molecule has 0 atom stereocenters. The topological polar surface area (TPSA) is 150 Å². The Balaban J connectivity index is 1.52. The lowest BCUT2D eigenvalue weighted by Crippen LogP contribution is -2.16.